The first-order valence-corrected chi connectivity index (χ1v) is 6.22. The van der Waals surface area contributed by atoms with E-state index in [1.165, 1.54) is 25.1 Å². The van der Waals surface area contributed by atoms with Gasteiger partial charge >= 0.3 is 12.1 Å². The van der Waals surface area contributed by atoms with E-state index in [2.05, 4.69) is 0 Å². The second kappa shape index (κ2) is 6.56. The number of alkyl halides is 3. The zero-order valence-electron chi connectivity index (χ0n) is 11.8. The molecular formula is C15H15F3O3. The number of ether oxygens (including phenoxy) is 1. The number of rotatable bonds is 4. The van der Waals surface area contributed by atoms with E-state index in [-0.39, 0.29) is 5.57 Å². The Kier molecular flexibility index (Phi) is 5.29. The lowest BCUT2D eigenvalue weighted by Gasteiger charge is -2.09. The molecule has 0 aliphatic rings. The Bertz CT molecular complexity index is 555. The van der Waals surface area contributed by atoms with Gasteiger partial charge in [0, 0.05) is 0 Å². The summed E-state index contributed by atoms with van der Waals surface area (Å²) in [7, 11) is 0. The number of hydrogen-bond acceptors (Lipinski definition) is 3. The van der Waals surface area contributed by atoms with E-state index in [0.717, 1.165) is 12.1 Å². The van der Waals surface area contributed by atoms with Crippen molar-refractivity contribution in [3.63, 3.8) is 0 Å². The van der Waals surface area contributed by atoms with Gasteiger partial charge in [-0.05, 0) is 44.5 Å². The average Bonchev–Trinajstić information content (AvgIpc) is 2.34. The van der Waals surface area contributed by atoms with Crippen molar-refractivity contribution < 1.29 is 27.5 Å². The molecule has 1 aromatic carbocycles. The van der Waals surface area contributed by atoms with E-state index in [4.69, 9.17) is 4.74 Å². The maximum atomic E-state index is 12.4. The van der Waals surface area contributed by atoms with E-state index in [1.54, 1.807) is 13.8 Å². The fraction of sp³-hybridized carbons (Fsp3) is 0.333. The van der Waals surface area contributed by atoms with E-state index in [9.17, 15) is 22.8 Å². The van der Waals surface area contributed by atoms with Gasteiger partial charge in [0.05, 0.1) is 11.7 Å². The molecule has 0 atom stereocenters. The maximum Gasteiger partial charge on any atom is 0.416 e. The Morgan fingerprint density at radius 3 is 2.05 bits per heavy atom. The predicted molar refractivity (Wildman–Crippen MR) is 71.3 cm³/mol. The molecule has 21 heavy (non-hydrogen) atoms. The van der Waals surface area contributed by atoms with E-state index in [0.29, 0.717) is 5.56 Å². The number of halogens is 3. The zero-order chi connectivity index (χ0) is 16.2. The lowest BCUT2D eigenvalue weighted by atomic mass is 10.1. The van der Waals surface area contributed by atoms with Gasteiger partial charge in [0.2, 0.25) is 0 Å². The van der Waals surface area contributed by atoms with Crippen LogP contribution in [0.5, 0.6) is 0 Å². The lowest BCUT2D eigenvalue weighted by molar-refractivity contribution is -0.143. The molecule has 0 radical (unpaired) electrons. The topological polar surface area (TPSA) is 43.4 Å². The average molecular weight is 300 g/mol. The molecule has 0 unspecified atom stereocenters. The van der Waals surface area contributed by atoms with Crippen LogP contribution in [0.4, 0.5) is 13.2 Å². The van der Waals surface area contributed by atoms with Gasteiger partial charge in [0.25, 0.3) is 0 Å². The van der Waals surface area contributed by atoms with Crippen molar-refractivity contribution in [3.8, 4) is 0 Å². The number of carbonyl (C=O) groups excluding carboxylic acids is 2. The van der Waals surface area contributed by atoms with Gasteiger partial charge in [0.15, 0.2) is 5.78 Å². The molecule has 3 nitrogen and oxygen atoms in total. The molecule has 1 aromatic rings. The highest BCUT2D eigenvalue weighted by Crippen LogP contribution is 2.29. The molecule has 6 heteroatoms. The Hall–Kier alpha value is -2.11. The van der Waals surface area contributed by atoms with Crippen LogP contribution in [0.3, 0.4) is 0 Å². The number of ketones is 1. The van der Waals surface area contributed by atoms with Gasteiger partial charge in [-0.3, -0.25) is 4.79 Å². The monoisotopic (exact) mass is 300 g/mol. The second-order valence-corrected chi connectivity index (χ2v) is 4.69. The molecule has 0 N–H and O–H groups in total. The van der Waals surface area contributed by atoms with Gasteiger partial charge in [-0.25, -0.2) is 4.79 Å². The minimum atomic E-state index is -4.43. The summed E-state index contributed by atoms with van der Waals surface area (Å²) in [6.07, 6.45) is -3.61. The van der Waals surface area contributed by atoms with Crippen molar-refractivity contribution >= 4 is 17.8 Å². The van der Waals surface area contributed by atoms with Crippen molar-refractivity contribution in [1.29, 1.82) is 0 Å². The van der Waals surface area contributed by atoms with E-state index >= 15 is 0 Å². The summed E-state index contributed by atoms with van der Waals surface area (Å²) in [5.74, 6) is -1.31. The molecule has 114 valence electrons. The Balaban J connectivity index is 3.07. The molecule has 0 saturated heterocycles. The fourth-order valence-electron chi connectivity index (χ4n) is 1.52. The quantitative estimate of drug-likeness (QED) is 0.369. The summed E-state index contributed by atoms with van der Waals surface area (Å²) >= 11 is 0. The van der Waals surface area contributed by atoms with Crippen LogP contribution in [-0.4, -0.2) is 17.9 Å². The molecule has 0 aliphatic carbocycles. The first kappa shape index (κ1) is 16.9. The fourth-order valence-corrected chi connectivity index (χ4v) is 1.52. The molecule has 0 heterocycles. The van der Waals surface area contributed by atoms with Crippen molar-refractivity contribution in [3.05, 3.63) is 41.0 Å². The highest BCUT2D eigenvalue weighted by molar-refractivity contribution is 6.19. The first-order chi connectivity index (χ1) is 9.61. The highest BCUT2D eigenvalue weighted by atomic mass is 19.4. The third-order valence-electron chi connectivity index (χ3n) is 2.49. The molecule has 0 bridgehead atoms. The van der Waals surface area contributed by atoms with Crippen molar-refractivity contribution in [1.82, 2.24) is 0 Å². The van der Waals surface area contributed by atoms with Crippen LogP contribution in [-0.2, 0) is 20.5 Å². The van der Waals surface area contributed by atoms with Gasteiger partial charge < -0.3 is 4.74 Å². The van der Waals surface area contributed by atoms with Crippen LogP contribution >= 0.6 is 0 Å². The largest absolute Gasteiger partial charge is 0.459 e. The predicted octanol–water partition coefficient (Wildman–Crippen LogP) is 3.63. The van der Waals surface area contributed by atoms with Crippen LogP contribution in [0.2, 0.25) is 0 Å². The molecule has 0 saturated carbocycles. The minimum Gasteiger partial charge on any atom is -0.459 e. The molecule has 0 fully saturated rings. The van der Waals surface area contributed by atoms with Crippen molar-refractivity contribution in [2.75, 3.05) is 0 Å². The van der Waals surface area contributed by atoms with Crippen LogP contribution in [0.25, 0.3) is 6.08 Å². The van der Waals surface area contributed by atoms with Crippen molar-refractivity contribution in [2.45, 2.75) is 33.1 Å². The molecule has 0 spiro atoms. The highest BCUT2D eigenvalue weighted by Gasteiger charge is 2.29. The smallest absolute Gasteiger partial charge is 0.416 e. The van der Waals surface area contributed by atoms with Gasteiger partial charge in [-0.2, -0.15) is 13.2 Å². The number of benzene rings is 1. The van der Waals surface area contributed by atoms with E-state index < -0.39 is 29.6 Å². The summed E-state index contributed by atoms with van der Waals surface area (Å²) in [6.45, 7) is 4.46. The lowest BCUT2D eigenvalue weighted by Crippen LogP contribution is -2.17. The molecule has 0 aromatic heterocycles. The van der Waals surface area contributed by atoms with Crippen LogP contribution in [0.15, 0.2) is 29.8 Å². The summed E-state index contributed by atoms with van der Waals surface area (Å²) < 4.78 is 42.2. The molecule has 1 rings (SSSR count). The van der Waals surface area contributed by atoms with Gasteiger partial charge in [-0.1, -0.05) is 12.1 Å². The van der Waals surface area contributed by atoms with Crippen LogP contribution in [0.1, 0.15) is 31.9 Å². The third kappa shape index (κ3) is 5.06. The Labute approximate surface area is 120 Å². The summed E-state index contributed by atoms with van der Waals surface area (Å²) in [5, 5.41) is 0. The van der Waals surface area contributed by atoms with Gasteiger partial charge in [-0.15, -0.1) is 0 Å². The van der Waals surface area contributed by atoms with Crippen LogP contribution < -0.4 is 0 Å². The number of hydrogen-bond donors (Lipinski definition) is 0. The van der Waals surface area contributed by atoms with Crippen molar-refractivity contribution in [2.24, 2.45) is 0 Å². The van der Waals surface area contributed by atoms with Gasteiger partial charge in [0.1, 0.15) is 5.57 Å². The normalized spacial score (nSPS) is 12.4. The number of carbonyl (C=O) groups is 2. The molecular weight excluding hydrogens is 285 g/mol. The Morgan fingerprint density at radius 2 is 1.67 bits per heavy atom. The Morgan fingerprint density at radius 1 is 1.14 bits per heavy atom. The summed E-state index contributed by atoms with van der Waals surface area (Å²) in [6, 6.07) is 4.15. The first-order valence-electron chi connectivity index (χ1n) is 6.22. The summed E-state index contributed by atoms with van der Waals surface area (Å²) in [5.41, 5.74) is -0.689. The SMILES string of the molecule is CC(=O)/C(=C/c1ccc(C(F)(F)F)cc1)C(=O)OC(C)C. The minimum absolute atomic E-state index is 0.205. The third-order valence-corrected chi connectivity index (χ3v) is 2.49. The number of esters is 1. The van der Waals surface area contributed by atoms with Crippen LogP contribution in [0, 0.1) is 0 Å². The summed E-state index contributed by atoms with van der Waals surface area (Å²) in [4.78, 5) is 23.2. The standard InChI is InChI=1S/C15H15F3O3/c1-9(2)21-14(20)13(10(3)19)8-11-4-6-12(7-5-11)15(16,17)18/h4-9H,1-3H3/b13-8-. The second-order valence-electron chi connectivity index (χ2n) is 4.69. The molecule has 0 amide bonds. The maximum absolute atomic E-state index is 12.4. The van der Waals surface area contributed by atoms with E-state index in [1.807, 2.05) is 0 Å². The molecule has 0 aliphatic heterocycles. The zero-order valence-corrected chi connectivity index (χ0v) is 11.8. The number of Topliss-reactive ketones (excluding diaryl/α,β-unsaturated/α-hetero) is 1.